The van der Waals surface area contributed by atoms with Gasteiger partial charge in [-0.2, -0.15) is 5.26 Å². The molecular formula is C17H23N3O2. The van der Waals surface area contributed by atoms with Crippen molar-refractivity contribution in [2.45, 2.75) is 32.7 Å². The third kappa shape index (κ3) is 3.77. The number of nitrogens with zero attached hydrogens (tertiary/aromatic N) is 2. The second-order valence-electron chi connectivity index (χ2n) is 6.37. The summed E-state index contributed by atoms with van der Waals surface area (Å²) in [5.74, 6) is 0.656. The molecule has 1 aromatic carbocycles. The van der Waals surface area contributed by atoms with Crippen LogP contribution in [0.25, 0.3) is 0 Å². The number of hydrogen-bond acceptors (Lipinski definition) is 4. The number of hydrogen-bond donors (Lipinski definition) is 1. The zero-order valence-corrected chi connectivity index (χ0v) is 13.4. The summed E-state index contributed by atoms with van der Waals surface area (Å²) in [5, 5.41) is 12.3. The quantitative estimate of drug-likeness (QED) is 0.928. The Bertz CT molecular complexity index is 560. The van der Waals surface area contributed by atoms with Crippen LogP contribution in [0.4, 0.5) is 5.69 Å². The first kappa shape index (κ1) is 16.3. The topological polar surface area (TPSA) is 65.4 Å². The Kier molecular flexibility index (Phi) is 5.04. The van der Waals surface area contributed by atoms with Gasteiger partial charge in [-0.05, 0) is 49.1 Å². The van der Waals surface area contributed by atoms with Gasteiger partial charge >= 0.3 is 0 Å². The van der Waals surface area contributed by atoms with E-state index in [1.165, 1.54) is 0 Å². The van der Waals surface area contributed by atoms with Gasteiger partial charge in [-0.1, -0.05) is 13.8 Å². The molecule has 22 heavy (non-hydrogen) atoms. The van der Waals surface area contributed by atoms with Gasteiger partial charge in [0.05, 0.1) is 19.7 Å². The van der Waals surface area contributed by atoms with Crippen molar-refractivity contribution in [2.24, 2.45) is 5.41 Å². The third-order valence-electron chi connectivity index (χ3n) is 4.21. The van der Waals surface area contributed by atoms with Crippen molar-refractivity contribution in [1.29, 1.82) is 5.26 Å². The average Bonchev–Trinajstić information content (AvgIpc) is 2.47. The fourth-order valence-corrected chi connectivity index (χ4v) is 2.98. The average molecular weight is 301 g/mol. The number of likely N-dealkylation sites (tertiary alicyclic amines) is 1. The molecular weight excluding hydrogens is 278 g/mol. The molecule has 0 aliphatic carbocycles. The number of carbonyl (C=O) groups excluding carboxylic acids is 1. The van der Waals surface area contributed by atoms with Crippen LogP contribution in [0, 0.1) is 16.7 Å². The Morgan fingerprint density at radius 3 is 2.73 bits per heavy atom. The van der Waals surface area contributed by atoms with Gasteiger partial charge < -0.3 is 10.1 Å². The number of carbonyl (C=O) groups is 1. The van der Waals surface area contributed by atoms with E-state index in [-0.39, 0.29) is 23.9 Å². The third-order valence-corrected chi connectivity index (χ3v) is 4.21. The standard InChI is InChI=1S/C17H23N3O2/c1-17(2)9-4-10-20(15(17)11-18)12-16(21)19-13-5-7-14(22-3)8-6-13/h5-8,15H,4,9-10,12H2,1-3H3,(H,19,21). The summed E-state index contributed by atoms with van der Waals surface area (Å²) >= 11 is 0. The number of benzene rings is 1. The molecule has 1 fully saturated rings. The molecule has 1 aliphatic heterocycles. The molecule has 0 bridgehead atoms. The summed E-state index contributed by atoms with van der Waals surface area (Å²) in [5.41, 5.74) is 0.656. The van der Waals surface area contributed by atoms with Gasteiger partial charge in [0.25, 0.3) is 0 Å². The highest BCUT2D eigenvalue weighted by molar-refractivity contribution is 5.92. The Balaban J connectivity index is 1.97. The molecule has 1 saturated heterocycles. The molecule has 1 aliphatic rings. The second kappa shape index (κ2) is 6.80. The van der Waals surface area contributed by atoms with Gasteiger partial charge in [0.1, 0.15) is 11.8 Å². The molecule has 1 amide bonds. The SMILES string of the molecule is COc1ccc(NC(=O)CN2CCCC(C)(C)C2C#N)cc1. The highest BCUT2D eigenvalue weighted by Gasteiger charge is 2.38. The number of nitriles is 1. The number of methoxy groups -OCH3 is 1. The van der Waals surface area contributed by atoms with Crippen molar-refractivity contribution in [3.63, 3.8) is 0 Å². The van der Waals surface area contributed by atoms with Gasteiger partial charge in [0.15, 0.2) is 0 Å². The van der Waals surface area contributed by atoms with Gasteiger partial charge in [-0.3, -0.25) is 9.69 Å². The molecule has 1 N–H and O–H groups in total. The van der Waals surface area contributed by atoms with Crippen LogP contribution in [0.15, 0.2) is 24.3 Å². The smallest absolute Gasteiger partial charge is 0.238 e. The number of amides is 1. The molecule has 1 aromatic rings. The first-order chi connectivity index (χ1) is 10.5. The minimum Gasteiger partial charge on any atom is -0.497 e. The summed E-state index contributed by atoms with van der Waals surface area (Å²) in [6.45, 7) is 5.22. The minimum absolute atomic E-state index is 0.0760. The van der Waals surface area contributed by atoms with Crippen molar-refractivity contribution < 1.29 is 9.53 Å². The van der Waals surface area contributed by atoms with E-state index in [0.29, 0.717) is 0 Å². The Morgan fingerprint density at radius 2 is 2.14 bits per heavy atom. The van der Waals surface area contributed by atoms with Gasteiger partial charge in [0.2, 0.25) is 5.91 Å². The lowest BCUT2D eigenvalue weighted by atomic mass is 9.77. The summed E-state index contributed by atoms with van der Waals surface area (Å²) in [4.78, 5) is 14.2. The largest absolute Gasteiger partial charge is 0.497 e. The zero-order valence-electron chi connectivity index (χ0n) is 13.4. The van der Waals surface area contributed by atoms with Crippen LogP contribution in [-0.2, 0) is 4.79 Å². The van der Waals surface area contributed by atoms with Crippen LogP contribution >= 0.6 is 0 Å². The van der Waals surface area contributed by atoms with E-state index in [1.54, 1.807) is 31.4 Å². The number of anilines is 1. The van der Waals surface area contributed by atoms with Crippen LogP contribution in [-0.4, -0.2) is 37.0 Å². The molecule has 0 radical (unpaired) electrons. The van der Waals surface area contributed by atoms with E-state index in [1.807, 2.05) is 4.90 Å². The van der Waals surface area contributed by atoms with Crippen molar-refractivity contribution in [3.05, 3.63) is 24.3 Å². The maximum atomic E-state index is 12.2. The predicted octanol–water partition coefficient (Wildman–Crippen LogP) is 2.65. The first-order valence-corrected chi connectivity index (χ1v) is 7.54. The van der Waals surface area contributed by atoms with Gasteiger partial charge in [0, 0.05) is 5.69 Å². The molecule has 0 saturated carbocycles. The van der Waals surface area contributed by atoms with Crippen molar-refractivity contribution in [1.82, 2.24) is 4.90 Å². The summed E-state index contributed by atoms with van der Waals surface area (Å²) in [6, 6.07) is 9.35. The van der Waals surface area contributed by atoms with Crippen LogP contribution in [0.5, 0.6) is 5.75 Å². The van der Waals surface area contributed by atoms with Crippen LogP contribution in [0.2, 0.25) is 0 Å². The molecule has 5 heteroatoms. The van der Waals surface area contributed by atoms with Gasteiger partial charge in [-0.25, -0.2) is 0 Å². The molecule has 2 rings (SSSR count). The van der Waals surface area contributed by atoms with E-state index >= 15 is 0 Å². The molecule has 1 heterocycles. The zero-order chi connectivity index (χ0) is 16.2. The molecule has 0 spiro atoms. The second-order valence-corrected chi connectivity index (χ2v) is 6.37. The monoisotopic (exact) mass is 301 g/mol. The van der Waals surface area contributed by atoms with Crippen LogP contribution < -0.4 is 10.1 Å². The van der Waals surface area contributed by atoms with Gasteiger partial charge in [-0.15, -0.1) is 0 Å². The van der Waals surface area contributed by atoms with Crippen molar-refractivity contribution in [2.75, 3.05) is 25.5 Å². The van der Waals surface area contributed by atoms with E-state index in [9.17, 15) is 10.1 Å². The van der Waals surface area contributed by atoms with Crippen molar-refractivity contribution in [3.8, 4) is 11.8 Å². The number of ether oxygens (including phenoxy) is 1. The lowest BCUT2D eigenvalue weighted by Gasteiger charge is -2.42. The molecule has 1 atom stereocenters. The maximum Gasteiger partial charge on any atom is 0.238 e. The highest BCUT2D eigenvalue weighted by atomic mass is 16.5. The van der Waals surface area contributed by atoms with Crippen LogP contribution in [0.1, 0.15) is 26.7 Å². The number of rotatable bonds is 4. The van der Waals surface area contributed by atoms with Crippen LogP contribution in [0.3, 0.4) is 0 Å². The fraction of sp³-hybridized carbons (Fsp3) is 0.529. The lowest BCUT2D eigenvalue weighted by molar-refractivity contribution is -0.118. The highest BCUT2D eigenvalue weighted by Crippen LogP contribution is 2.34. The predicted molar refractivity (Wildman–Crippen MR) is 85.6 cm³/mol. The Morgan fingerprint density at radius 1 is 1.45 bits per heavy atom. The summed E-state index contributed by atoms with van der Waals surface area (Å²) < 4.78 is 5.09. The fourth-order valence-electron chi connectivity index (χ4n) is 2.98. The van der Waals surface area contributed by atoms with Crippen molar-refractivity contribution >= 4 is 11.6 Å². The molecule has 5 nitrogen and oxygen atoms in total. The summed E-state index contributed by atoms with van der Waals surface area (Å²) in [6.07, 6.45) is 2.03. The Labute approximate surface area is 131 Å². The summed E-state index contributed by atoms with van der Waals surface area (Å²) in [7, 11) is 1.60. The number of piperidine rings is 1. The molecule has 0 aromatic heterocycles. The van der Waals surface area contributed by atoms with E-state index in [4.69, 9.17) is 4.74 Å². The Hall–Kier alpha value is -2.06. The molecule has 118 valence electrons. The van der Waals surface area contributed by atoms with E-state index < -0.39 is 0 Å². The molecule has 1 unspecified atom stereocenters. The normalized spacial score (nSPS) is 20.9. The minimum atomic E-state index is -0.220. The van der Waals surface area contributed by atoms with E-state index in [0.717, 1.165) is 30.8 Å². The van der Waals surface area contributed by atoms with E-state index in [2.05, 4.69) is 25.2 Å². The lowest BCUT2D eigenvalue weighted by Crippen LogP contribution is -2.51. The number of nitrogens with one attached hydrogen (secondary N) is 1. The first-order valence-electron chi connectivity index (χ1n) is 7.54. The maximum absolute atomic E-state index is 12.2.